The summed E-state index contributed by atoms with van der Waals surface area (Å²) in [5, 5.41) is 0. The number of hydrogen-bond donors (Lipinski definition) is 0. The van der Waals surface area contributed by atoms with Crippen LogP contribution < -0.4 is 4.74 Å². The predicted molar refractivity (Wildman–Crippen MR) is 65.7 cm³/mol. The number of carbonyl (C=O) groups is 1. The third-order valence-corrected chi connectivity index (χ3v) is 2.77. The number of ketones is 1. The van der Waals surface area contributed by atoms with Crippen molar-refractivity contribution in [1.82, 2.24) is 0 Å². The Morgan fingerprint density at radius 3 is 2.44 bits per heavy atom. The van der Waals surface area contributed by atoms with Crippen molar-refractivity contribution in [2.75, 3.05) is 7.11 Å². The van der Waals surface area contributed by atoms with Crippen molar-refractivity contribution >= 4 is 5.78 Å². The van der Waals surface area contributed by atoms with Gasteiger partial charge in [-0.15, -0.1) is 0 Å². The number of carbonyl (C=O) groups excluding carboxylic acids is 1. The van der Waals surface area contributed by atoms with Gasteiger partial charge in [-0.2, -0.15) is 0 Å². The molecule has 0 saturated carbocycles. The summed E-state index contributed by atoms with van der Waals surface area (Å²) in [6.07, 6.45) is 0.751. The summed E-state index contributed by atoms with van der Waals surface area (Å²) in [4.78, 5) is 11.8. The van der Waals surface area contributed by atoms with Gasteiger partial charge in [0.2, 0.25) is 0 Å². The van der Waals surface area contributed by atoms with Crippen molar-refractivity contribution in [3.63, 3.8) is 0 Å². The van der Waals surface area contributed by atoms with E-state index in [9.17, 15) is 4.79 Å². The van der Waals surface area contributed by atoms with Crippen LogP contribution in [0.2, 0.25) is 0 Å². The van der Waals surface area contributed by atoms with Gasteiger partial charge < -0.3 is 4.74 Å². The van der Waals surface area contributed by atoms with Crippen LogP contribution in [0.25, 0.3) is 0 Å². The number of ether oxygens (including phenoxy) is 1. The highest BCUT2D eigenvalue weighted by Gasteiger charge is 2.18. The number of Topliss-reactive ketones (excluding diaryl/α,β-unsaturated/α-hetero) is 1. The maximum atomic E-state index is 11.8. The number of para-hydroxylation sites is 1. The molecular weight excluding hydrogens is 200 g/mol. The Morgan fingerprint density at radius 1 is 1.25 bits per heavy atom. The first kappa shape index (κ1) is 12.8. The second-order valence-electron chi connectivity index (χ2n) is 4.47. The first-order valence-electron chi connectivity index (χ1n) is 5.72. The number of rotatable bonds is 5. The molecule has 0 radical (unpaired) electrons. The van der Waals surface area contributed by atoms with E-state index in [2.05, 4.69) is 0 Å². The zero-order valence-electron chi connectivity index (χ0n) is 10.5. The van der Waals surface area contributed by atoms with Crippen molar-refractivity contribution in [3.8, 4) is 5.75 Å². The van der Waals surface area contributed by atoms with E-state index in [1.807, 2.05) is 45.0 Å². The van der Waals surface area contributed by atoms with Gasteiger partial charge in [0, 0.05) is 11.8 Å². The monoisotopic (exact) mass is 220 g/mol. The largest absolute Gasteiger partial charge is 0.496 e. The van der Waals surface area contributed by atoms with Crippen LogP contribution in [0, 0.1) is 11.8 Å². The minimum absolute atomic E-state index is 0.0521. The molecule has 0 aliphatic carbocycles. The zero-order valence-corrected chi connectivity index (χ0v) is 10.5. The van der Waals surface area contributed by atoms with E-state index in [1.165, 1.54) is 0 Å². The van der Waals surface area contributed by atoms with Gasteiger partial charge in [0.15, 0.2) is 0 Å². The molecule has 16 heavy (non-hydrogen) atoms. The SMILES string of the molecule is COc1ccccc1CC(C)C(=O)C(C)C. The molecule has 0 bridgehead atoms. The van der Waals surface area contributed by atoms with Crippen molar-refractivity contribution in [2.24, 2.45) is 11.8 Å². The third kappa shape index (κ3) is 3.09. The molecule has 1 unspecified atom stereocenters. The van der Waals surface area contributed by atoms with Gasteiger partial charge in [-0.25, -0.2) is 0 Å². The Bertz CT molecular complexity index is 356. The van der Waals surface area contributed by atoms with E-state index in [0.29, 0.717) is 5.78 Å². The fourth-order valence-electron chi connectivity index (χ4n) is 1.87. The lowest BCUT2D eigenvalue weighted by Crippen LogP contribution is -2.19. The molecule has 0 aliphatic rings. The molecule has 1 aromatic rings. The van der Waals surface area contributed by atoms with Gasteiger partial charge in [0.1, 0.15) is 11.5 Å². The van der Waals surface area contributed by atoms with Crippen LogP contribution in [0.15, 0.2) is 24.3 Å². The lowest BCUT2D eigenvalue weighted by molar-refractivity contribution is -0.125. The summed E-state index contributed by atoms with van der Waals surface area (Å²) in [6, 6.07) is 7.87. The molecular formula is C14H20O2. The average molecular weight is 220 g/mol. The highest BCUT2D eigenvalue weighted by atomic mass is 16.5. The van der Waals surface area contributed by atoms with E-state index in [1.54, 1.807) is 7.11 Å². The Kier molecular flexibility index (Phi) is 4.53. The van der Waals surface area contributed by atoms with Gasteiger partial charge >= 0.3 is 0 Å². The van der Waals surface area contributed by atoms with Crippen LogP contribution in [0.3, 0.4) is 0 Å². The van der Waals surface area contributed by atoms with Gasteiger partial charge in [-0.05, 0) is 18.1 Å². The molecule has 2 nitrogen and oxygen atoms in total. The van der Waals surface area contributed by atoms with Crippen LogP contribution >= 0.6 is 0 Å². The second-order valence-corrected chi connectivity index (χ2v) is 4.47. The summed E-state index contributed by atoms with van der Waals surface area (Å²) in [5.41, 5.74) is 1.10. The van der Waals surface area contributed by atoms with Gasteiger partial charge in [-0.3, -0.25) is 4.79 Å². The van der Waals surface area contributed by atoms with E-state index in [0.717, 1.165) is 17.7 Å². The van der Waals surface area contributed by atoms with Crippen LogP contribution in [0.5, 0.6) is 5.75 Å². The summed E-state index contributed by atoms with van der Waals surface area (Å²) in [7, 11) is 1.66. The summed E-state index contributed by atoms with van der Waals surface area (Å²) in [5.74, 6) is 1.33. The lowest BCUT2D eigenvalue weighted by Gasteiger charge is -2.14. The highest BCUT2D eigenvalue weighted by Crippen LogP contribution is 2.22. The Hall–Kier alpha value is -1.31. The topological polar surface area (TPSA) is 26.3 Å². The van der Waals surface area contributed by atoms with E-state index in [4.69, 9.17) is 4.74 Å². The Labute approximate surface area is 97.6 Å². The van der Waals surface area contributed by atoms with Crippen LogP contribution in [-0.4, -0.2) is 12.9 Å². The minimum Gasteiger partial charge on any atom is -0.496 e. The predicted octanol–water partition coefficient (Wildman–Crippen LogP) is 3.10. The molecule has 1 atom stereocenters. The molecule has 1 rings (SSSR count). The van der Waals surface area contributed by atoms with Crippen molar-refractivity contribution in [3.05, 3.63) is 29.8 Å². The molecule has 0 N–H and O–H groups in total. The van der Waals surface area contributed by atoms with Gasteiger partial charge in [-0.1, -0.05) is 39.0 Å². The molecule has 0 spiro atoms. The zero-order chi connectivity index (χ0) is 12.1. The number of methoxy groups -OCH3 is 1. The number of benzene rings is 1. The molecule has 2 heteroatoms. The second kappa shape index (κ2) is 5.69. The average Bonchev–Trinajstić information content (AvgIpc) is 2.28. The van der Waals surface area contributed by atoms with Crippen LogP contribution in [0.1, 0.15) is 26.3 Å². The van der Waals surface area contributed by atoms with Crippen molar-refractivity contribution in [2.45, 2.75) is 27.2 Å². The van der Waals surface area contributed by atoms with E-state index < -0.39 is 0 Å². The maximum absolute atomic E-state index is 11.8. The highest BCUT2D eigenvalue weighted by molar-refractivity contribution is 5.82. The molecule has 88 valence electrons. The van der Waals surface area contributed by atoms with Crippen LogP contribution in [0.4, 0.5) is 0 Å². The molecule has 0 aromatic heterocycles. The maximum Gasteiger partial charge on any atom is 0.138 e. The fourth-order valence-corrected chi connectivity index (χ4v) is 1.87. The first-order valence-corrected chi connectivity index (χ1v) is 5.72. The van der Waals surface area contributed by atoms with Crippen LogP contribution in [-0.2, 0) is 11.2 Å². The summed E-state index contributed by atoms with van der Waals surface area (Å²) < 4.78 is 5.28. The fraction of sp³-hybridized carbons (Fsp3) is 0.500. The van der Waals surface area contributed by atoms with E-state index >= 15 is 0 Å². The first-order chi connectivity index (χ1) is 7.56. The minimum atomic E-state index is 0.0521. The van der Waals surface area contributed by atoms with Gasteiger partial charge in [0.25, 0.3) is 0 Å². The molecule has 0 aliphatic heterocycles. The summed E-state index contributed by atoms with van der Waals surface area (Å²) >= 11 is 0. The lowest BCUT2D eigenvalue weighted by atomic mass is 9.91. The molecule has 0 saturated heterocycles. The molecule has 0 fully saturated rings. The Morgan fingerprint density at radius 2 is 1.88 bits per heavy atom. The third-order valence-electron chi connectivity index (χ3n) is 2.77. The quantitative estimate of drug-likeness (QED) is 0.762. The molecule has 0 amide bonds. The standard InChI is InChI=1S/C14H20O2/c1-10(2)14(15)11(3)9-12-7-5-6-8-13(12)16-4/h5-8,10-11H,9H2,1-4H3. The smallest absolute Gasteiger partial charge is 0.138 e. The van der Waals surface area contributed by atoms with Gasteiger partial charge in [0.05, 0.1) is 7.11 Å². The number of hydrogen-bond acceptors (Lipinski definition) is 2. The van der Waals surface area contributed by atoms with Crippen molar-refractivity contribution in [1.29, 1.82) is 0 Å². The van der Waals surface area contributed by atoms with E-state index in [-0.39, 0.29) is 11.8 Å². The normalized spacial score (nSPS) is 12.6. The Balaban J connectivity index is 2.76. The summed E-state index contributed by atoms with van der Waals surface area (Å²) in [6.45, 7) is 5.87. The molecule has 0 heterocycles. The van der Waals surface area contributed by atoms with Crippen molar-refractivity contribution < 1.29 is 9.53 Å². The molecule has 1 aromatic carbocycles.